The molecule has 3 fully saturated rings. The van der Waals surface area contributed by atoms with Gasteiger partial charge in [-0.1, -0.05) is 13.8 Å². The van der Waals surface area contributed by atoms with E-state index in [9.17, 15) is 4.79 Å². The third-order valence-corrected chi connectivity index (χ3v) is 5.21. The lowest BCUT2D eigenvalue weighted by Gasteiger charge is -2.40. The molecule has 0 amide bonds. The molecule has 3 rings (SSSR count). The van der Waals surface area contributed by atoms with Crippen molar-refractivity contribution in [1.29, 1.82) is 0 Å². The lowest BCUT2D eigenvalue weighted by atomic mass is 9.68. The van der Waals surface area contributed by atoms with Gasteiger partial charge in [0.05, 0.1) is 6.61 Å². The molecule has 0 aromatic heterocycles. The number of carbonyl (C=O) groups excluding carboxylic acids is 1. The van der Waals surface area contributed by atoms with Crippen LogP contribution in [0.3, 0.4) is 0 Å². The molecule has 2 aliphatic carbocycles. The van der Waals surface area contributed by atoms with Gasteiger partial charge in [0.1, 0.15) is 0 Å². The standard InChI is InChI=1S/C12H18O2/c1-6-7(2)9-3-8(6)10-4-12(13)14-5-11(9)10/h6-11H,3-5H2,1-2H3. The summed E-state index contributed by atoms with van der Waals surface area (Å²) in [6.45, 7) is 5.45. The lowest BCUT2D eigenvalue weighted by molar-refractivity contribution is -0.156. The molecular formula is C12H18O2. The third kappa shape index (κ3) is 0.945. The maximum atomic E-state index is 11.2. The van der Waals surface area contributed by atoms with Crippen molar-refractivity contribution in [3.05, 3.63) is 0 Å². The predicted octanol–water partition coefficient (Wildman–Crippen LogP) is 2.09. The Kier molecular flexibility index (Phi) is 1.71. The lowest BCUT2D eigenvalue weighted by Crippen LogP contribution is -2.40. The zero-order valence-electron chi connectivity index (χ0n) is 8.90. The monoisotopic (exact) mass is 194 g/mol. The summed E-state index contributed by atoms with van der Waals surface area (Å²) in [5.74, 6) is 4.72. The molecule has 1 aliphatic heterocycles. The molecule has 2 nitrogen and oxygen atoms in total. The summed E-state index contributed by atoms with van der Waals surface area (Å²) < 4.78 is 5.19. The largest absolute Gasteiger partial charge is 0.465 e. The van der Waals surface area contributed by atoms with Gasteiger partial charge in [-0.3, -0.25) is 4.79 Å². The third-order valence-electron chi connectivity index (χ3n) is 5.21. The number of hydrogen-bond donors (Lipinski definition) is 0. The van der Waals surface area contributed by atoms with Gasteiger partial charge in [0.15, 0.2) is 0 Å². The highest BCUT2D eigenvalue weighted by molar-refractivity contribution is 5.70. The summed E-state index contributed by atoms with van der Waals surface area (Å²) in [5.41, 5.74) is 0. The first kappa shape index (κ1) is 8.75. The molecular weight excluding hydrogens is 176 g/mol. The number of esters is 1. The van der Waals surface area contributed by atoms with Crippen LogP contribution in [0.15, 0.2) is 0 Å². The molecule has 6 unspecified atom stereocenters. The molecule has 0 aromatic carbocycles. The van der Waals surface area contributed by atoms with Crippen molar-refractivity contribution in [3.63, 3.8) is 0 Å². The van der Waals surface area contributed by atoms with Gasteiger partial charge >= 0.3 is 5.97 Å². The Hall–Kier alpha value is -0.530. The Bertz CT molecular complexity index is 271. The molecule has 1 heterocycles. The zero-order valence-corrected chi connectivity index (χ0v) is 8.90. The second kappa shape index (κ2) is 2.74. The summed E-state index contributed by atoms with van der Waals surface area (Å²) in [5, 5.41) is 0. The minimum Gasteiger partial charge on any atom is -0.465 e. The first-order valence-corrected chi connectivity index (χ1v) is 5.84. The van der Waals surface area contributed by atoms with Crippen molar-refractivity contribution >= 4 is 5.97 Å². The second-order valence-corrected chi connectivity index (χ2v) is 5.50. The van der Waals surface area contributed by atoms with Crippen LogP contribution in [0.1, 0.15) is 26.7 Å². The maximum Gasteiger partial charge on any atom is 0.306 e. The molecule has 0 aromatic rings. The van der Waals surface area contributed by atoms with Gasteiger partial charge in [0.2, 0.25) is 0 Å². The molecule has 1 saturated heterocycles. The van der Waals surface area contributed by atoms with E-state index >= 15 is 0 Å². The van der Waals surface area contributed by atoms with Crippen LogP contribution in [0.2, 0.25) is 0 Å². The second-order valence-electron chi connectivity index (χ2n) is 5.50. The summed E-state index contributed by atoms with van der Waals surface area (Å²) in [6, 6.07) is 0. The van der Waals surface area contributed by atoms with Crippen LogP contribution >= 0.6 is 0 Å². The molecule has 14 heavy (non-hydrogen) atoms. The fourth-order valence-corrected chi connectivity index (χ4v) is 4.28. The Morgan fingerprint density at radius 1 is 1.07 bits per heavy atom. The normalized spacial score (nSPS) is 55.7. The summed E-state index contributed by atoms with van der Waals surface area (Å²) >= 11 is 0. The first-order chi connectivity index (χ1) is 6.68. The quantitative estimate of drug-likeness (QED) is 0.552. The van der Waals surface area contributed by atoms with Crippen molar-refractivity contribution in [1.82, 2.24) is 0 Å². The topological polar surface area (TPSA) is 26.3 Å². The Balaban J connectivity index is 1.87. The number of ether oxygens (including phenoxy) is 1. The maximum absolute atomic E-state index is 11.2. The summed E-state index contributed by atoms with van der Waals surface area (Å²) in [4.78, 5) is 11.2. The molecule has 0 radical (unpaired) electrons. The smallest absolute Gasteiger partial charge is 0.306 e. The average Bonchev–Trinajstić information content (AvgIpc) is 2.65. The van der Waals surface area contributed by atoms with Crippen LogP contribution in [0.25, 0.3) is 0 Å². The van der Waals surface area contributed by atoms with Gasteiger partial charge in [0.25, 0.3) is 0 Å². The number of fused-ring (bicyclic) bond motifs is 5. The number of rotatable bonds is 0. The first-order valence-electron chi connectivity index (χ1n) is 5.84. The van der Waals surface area contributed by atoms with Crippen molar-refractivity contribution < 1.29 is 9.53 Å². The average molecular weight is 194 g/mol. The molecule has 3 aliphatic rings. The fraction of sp³-hybridized carbons (Fsp3) is 0.917. The number of cyclic esters (lactones) is 1. The van der Waals surface area contributed by atoms with Crippen LogP contribution in [0, 0.1) is 35.5 Å². The Morgan fingerprint density at radius 2 is 1.71 bits per heavy atom. The SMILES string of the molecule is CC1C(C)C2CC1C1COC(=O)CC21. The predicted molar refractivity (Wildman–Crippen MR) is 52.5 cm³/mol. The highest BCUT2D eigenvalue weighted by Gasteiger charge is 2.56. The Morgan fingerprint density at radius 3 is 2.43 bits per heavy atom. The molecule has 2 bridgehead atoms. The Labute approximate surface area is 85.0 Å². The van der Waals surface area contributed by atoms with E-state index in [0.29, 0.717) is 24.9 Å². The van der Waals surface area contributed by atoms with Gasteiger partial charge in [-0.25, -0.2) is 0 Å². The van der Waals surface area contributed by atoms with E-state index in [1.807, 2.05) is 0 Å². The van der Waals surface area contributed by atoms with Crippen LogP contribution in [-0.4, -0.2) is 12.6 Å². The van der Waals surface area contributed by atoms with Gasteiger partial charge in [-0.05, 0) is 41.9 Å². The van der Waals surface area contributed by atoms with E-state index in [4.69, 9.17) is 4.74 Å². The van der Waals surface area contributed by atoms with Crippen molar-refractivity contribution in [2.75, 3.05) is 6.61 Å². The minimum absolute atomic E-state index is 0.0404. The molecule has 2 heteroatoms. The summed E-state index contributed by atoms with van der Waals surface area (Å²) in [6.07, 6.45) is 2.05. The highest BCUT2D eigenvalue weighted by Crippen LogP contribution is 2.59. The van der Waals surface area contributed by atoms with E-state index in [2.05, 4.69) is 13.8 Å². The van der Waals surface area contributed by atoms with E-state index < -0.39 is 0 Å². The molecule has 2 saturated carbocycles. The number of hydrogen-bond acceptors (Lipinski definition) is 2. The van der Waals surface area contributed by atoms with Gasteiger partial charge in [-0.2, -0.15) is 0 Å². The van der Waals surface area contributed by atoms with Crippen LogP contribution in [0.4, 0.5) is 0 Å². The van der Waals surface area contributed by atoms with Crippen molar-refractivity contribution in [3.8, 4) is 0 Å². The van der Waals surface area contributed by atoms with Gasteiger partial charge in [0, 0.05) is 6.42 Å². The summed E-state index contributed by atoms with van der Waals surface area (Å²) in [7, 11) is 0. The zero-order chi connectivity index (χ0) is 9.87. The fourth-order valence-electron chi connectivity index (χ4n) is 4.28. The van der Waals surface area contributed by atoms with E-state index in [0.717, 1.165) is 23.7 Å². The molecule has 6 atom stereocenters. The van der Waals surface area contributed by atoms with Crippen molar-refractivity contribution in [2.24, 2.45) is 35.5 Å². The van der Waals surface area contributed by atoms with Crippen LogP contribution in [-0.2, 0) is 9.53 Å². The van der Waals surface area contributed by atoms with E-state index in [1.165, 1.54) is 6.42 Å². The number of carbonyl (C=O) groups is 1. The van der Waals surface area contributed by atoms with Crippen LogP contribution in [0.5, 0.6) is 0 Å². The van der Waals surface area contributed by atoms with E-state index in [1.54, 1.807) is 0 Å². The van der Waals surface area contributed by atoms with Crippen LogP contribution < -0.4 is 0 Å². The molecule has 0 spiro atoms. The molecule has 0 N–H and O–H groups in total. The van der Waals surface area contributed by atoms with Gasteiger partial charge < -0.3 is 4.74 Å². The molecule has 78 valence electrons. The van der Waals surface area contributed by atoms with Crippen molar-refractivity contribution in [2.45, 2.75) is 26.7 Å². The van der Waals surface area contributed by atoms with E-state index in [-0.39, 0.29) is 5.97 Å². The minimum atomic E-state index is 0.0404. The highest BCUT2D eigenvalue weighted by atomic mass is 16.5. The van der Waals surface area contributed by atoms with Gasteiger partial charge in [-0.15, -0.1) is 0 Å².